The van der Waals surface area contributed by atoms with Crippen molar-refractivity contribution in [2.45, 2.75) is 38.8 Å². The molecule has 0 spiro atoms. The van der Waals surface area contributed by atoms with E-state index >= 15 is 0 Å². The first kappa shape index (κ1) is 16.2. The first-order chi connectivity index (χ1) is 9.40. The van der Waals surface area contributed by atoms with Crippen LogP contribution < -0.4 is 10.6 Å². The molecule has 6 heteroatoms. The van der Waals surface area contributed by atoms with Gasteiger partial charge >= 0.3 is 6.03 Å². The zero-order valence-corrected chi connectivity index (χ0v) is 11.7. The highest BCUT2D eigenvalue weighted by Gasteiger charge is 2.22. The summed E-state index contributed by atoms with van der Waals surface area (Å²) in [6.07, 6.45) is 1.10. The monoisotopic (exact) mass is 284 g/mol. The normalized spacial score (nSPS) is 11.2. The Hall–Kier alpha value is -1.82. The van der Waals surface area contributed by atoms with Crippen molar-refractivity contribution in [3.63, 3.8) is 0 Å². The summed E-state index contributed by atoms with van der Waals surface area (Å²) in [7, 11) is 0. The van der Waals surface area contributed by atoms with Crippen molar-refractivity contribution >= 4 is 6.03 Å². The van der Waals surface area contributed by atoms with Crippen LogP contribution in [0.25, 0.3) is 0 Å². The van der Waals surface area contributed by atoms with Crippen molar-refractivity contribution in [1.29, 1.82) is 0 Å². The number of benzene rings is 1. The Kier molecular flexibility index (Phi) is 5.76. The molecular formula is C14H21FN2O3. The summed E-state index contributed by atoms with van der Waals surface area (Å²) in [5.41, 5.74) is -0.362. The van der Waals surface area contributed by atoms with Crippen LogP contribution in [0.15, 0.2) is 18.2 Å². The standard InChI is InChI=1S/C14H21FN2O3/c1-3-14(20,4-2)9-17-13(19)16-8-10-5-6-12(18)11(15)7-10/h5-7,18,20H,3-4,8-9H2,1-2H3,(H2,16,17,19). The summed E-state index contributed by atoms with van der Waals surface area (Å²) < 4.78 is 13.1. The van der Waals surface area contributed by atoms with Gasteiger partial charge in [-0.05, 0) is 30.5 Å². The number of urea groups is 1. The molecule has 1 rings (SSSR count). The Morgan fingerprint density at radius 1 is 1.30 bits per heavy atom. The van der Waals surface area contributed by atoms with Crippen LogP contribution in [0.2, 0.25) is 0 Å². The van der Waals surface area contributed by atoms with Crippen LogP contribution in [-0.4, -0.2) is 28.4 Å². The number of hydrogen-bond donors (Lipinski definition) is 4. The molecule has 1 aromatic rings. The number of aromatic hydroxyl groups is 1. The molecule has 0 heterocycles. The maximum Gasteiger partial charge on any atom is 0.315 e. The topological polar surface area (TPSA) is 81.6 Å². The number of hydrogen-bond acceptors (Lipinski definition) is 3. The summed E-state index contributed by atoms with van der Waals surface area (Å²) in [6.45, 7) is 4.00. The molecule has 20 heavy (non-hydrogen) atoms. The number of carbonyl (C=O) groups excluding carboxylic acids is 1. The third-order valence-corrected chi connectivity index (χ3v) is 3.36. The van der Waals surface area contributed by atoms with Crippen LogP contribution in [0, 0.1) is 5.82 Å². The Morgan fingerprint density at radius 3 is 2.50 bits per heavy atom. The van der Waals surface area contributed by atoms with E-state index in [1.54, 1.807) is 0 Å². The molecule has 0 aliphatic heterocycles. The molecule has 0 aliphatic rings. The van der Waals surface area contributed by atoms with Gasteiger partial charge < -0.3 is 20.8 Å². The fourth-order valence-electron chi connectivity index (χ4n) is 1.65. The lowest BCUT2D eigenvalue weighted by molar-refractivity contribution is 0.0349. The average molecular weight is 284 g/mol. The second-order valence-electron chi connectivity index (χ2n) is 4.75. The molecular weight excluding hydrogens is 263 g/mol. The zero-order valence-electron chi connectivity index (χ0n) is 11.7. The number of amides is 2. The molecule has 2 amide bonds. The van der Waals surface area contributed by atoms with E-state index < -0.39 is 23.2 Å². The molecule has 4 N–H and O–H groups in total. The van der Waals surface area contributed by atoms with E-state index in [-0.39, 0.29) is 13.1 Å². The van der Waals surface area contributed by atoms with Crippen LogP contribution in [0.4, 0.5) is 9.18 Å². The average Bonchev–Trinajstić information content (AvgIpc) is 2.46. The SMILES string of the molecule is CCC(O)(CC)CNC(=O)NCc1ccc(O)c(F)c1. The van der Waals surface area contributed by atoms with Crippen LogP contribution in [-0.2, 0) is 6.54 Å². The van der Waals surface area contributed by atoms with Crippen LogP contribution in [0.3, 0.4) is 0 Å². The van der Waals surface area contributed by atoms with Gasteiger partial charge in [-0.1, -0.05) is 19.9 Å². The molecule has 0 saturated heterocycles. The predicted molar refractivity (Wildman–Crippen MR) is 73.8 cm³/mol. The highest BCUT2D eigenvalue weighted by Crippen LogP contribution is 2.16. The fourth-order valence-corrected chi connectivity index (χ4v) is 1.65. The van der Waals surface area contributed by atoms with Crippen molar-refractivity contribution in [1.82, 2.24) is 10.6 Å². The molecule has 0 unspecified atom stereocenters. The van der Waals surface area contributed by atoms with E-state index in [2.05, 4.69) is 10.6 Å². The Balaban J connectivity index is 2.42. The molecule has 112 valence electrons. The number of phenols is 1. The molecule has 0 fully saturated rings. The molecule has 0 radical (unpaired) electrons. The van der Waals surface area contributed by atoms with Gasteiger partial charge in [0.1, 0.15) is 0 Å². The number of phenolic OH excluding ortho intramolecular Hbond substituents is 1. The zero-order chi connectivity index (χ0) is 15.2. The van der Waals surface area contributed by atoms with Gasteiger partial charge in [-0.15, -0.1) is 0 Å². The third-order valence-electron chi connectivity index (χ3n) is 3.36. The fraction of sp³-hybridized carbons (Fsp3) is 0.500. The largest absolute Gasteiger partial charge is 0.505 e. The summed E-state index contributed by atoms with van der Waals surface area (Å²) in [6, 6.07) is 3.48. The lowest BCUT2D eigenvalue weighted by Gasteiger charge is -2.25. The number of nitrogens with one attached hydrogen (secondary N) is 2. The molecule has 5 nitrogen and oxygen atoms in total. The quantitative estimate of drug-likeness (QED) is 0.644. The molecule has 0 aromatic heterocycles. The number of rotatable bonds is 6. The number of carbonyl (C=O) groups is 1. The molecule has 1 aromatic carbocycles. The highest BCUT2D eigenvalue weighted by atomic mass is 19.1. The minimum atomic E-state index is -0.901. The minimum absolute atomic E-state index is 0.139. The Morgan fingerprint density at radius 2 is 1.95 bits per heavy atom. The molecule has 0 aliphatic carbocycles. The van der Waals surface area contributed by atoms with Gasteiger partial charge in [-0.2, -0.15) is 0 Å². The lowest BCUT2D eigenvalue weighted by atomic mass is 9.98. The van der Waals surface area contributed by atoms with Gasteiger partial charge in [0, 0.05) is 13.1 Å². The summed E-state index contributed by atoms with van der Waals surface area (Å²) >= 11 is 0. The van der Waals surface area contributed by atoms with Crippen molar-refractivity contribution in [3.05, 3.63) is 29.6 Å². The van der Waals surface area contributed by atoms with Gasteiger partial charge in [0.15, 0.2) is 11.6 Å². The van der Waals surface area contributed by atoms with Gasteiger partial charge in [-0.3, -0.25) is 0 Å². The first-order valence-corrected chi connectivity index (χ1v) is 6.61. The maximum absolute atomic E-state index is 13.1. The maximum atomic E-state index is 13.1. The molecule has 0 atom stereocenters. The van der Waals surface area contributed by atoms with Crippen molar-refractivity contribution in [2.24, 2.45) is 0 Å². The first-order valence-electron chi connectivity index (χ1n) is 6.61. The van der Waals surface area contributed by atoms with Gasteiger partial charge in [0.25, 0.3) is 0 Å². The van der Waals surface area contributed by atoms with Crippen LogP contribution >= 0.6 is 0 Å². The predicted octanol–water partition coefficient (Wildman–Crippen LogP) is 1.88. The summed E-state index contributed by atoms with van der Waals surface area (Å²) in [4.78, 5) is 11.6. The van der Waals surface area contributed by atoms with Crippen molar-refractivity contribution in [2.75, 3.05) is 6.54 Å². The van der Waals surface area contributed by atoms with Crippen LogP contribution in [0.5, 0.6) is 5.75 Å². The summed E-state index contributed by atoms with van der Waals surface area (Å²) in [5.74, 6) is -1.15. The van der Waals surface area contributed by atoms with Crippen LogP contribution in [0.1, 0.15) is 32.3 Å². The van der Waals surface area contributed by atoms with E-state index in [0.717, 1.165) is 6.07 Å². The second-order valence-corrected chi connectivity index (χ2v) is 4.75. The van der Waals surface area contributed by atoms with E-state index in [0.29, 0.717) is 18.4 Å². The highest BCUT2D eigenvalue weighted by molar-refractivity contribution is 5.73. The smallest absolute Gasteiger partial charge is 0.315 e. The molecule has 0 bridgehead atoms. The lowest BCUT2D eigenvalue weighted by Crippen LogP contribution is -2.45. The number of aliphatic hydroxyl groups is 1. The van der Waals surface area contributed by atoms with Crippen molar-refractivity contribution in [3.8, 4) is 5.75 Å². The van der Waals surface area contributed by atoms with Crippen molar-refractivity contribution < 1.29 is 19.4 Å². The van der Waals surface area contributed by atoms with E-state index in [1.165, 1.54) is 12.1 Å². The second kappa shape index (κ2) is 7.09. The summed E-state index contributed by atoms with van der Waals surface area (Å²) in [5, 5.41) is 24.2. The van der Waals surface area contributed by atoms with Gasteiger partial charge in [0.2, 0.25) is 0 Å². The van der Waals surface area contributed by atoms with Gasteiger partial charge in [0.05, 0.1) is 5.60 Å². The van der Waals surface area contributed by atoms with E-state index in [4.69, 9.17) is 5.11 Å². The molecule has 0 saturated carbocycles. The van der Waals surface area contributed by atoms with E-state index in [9.17, 15) is 14.3 Å². The van der Waals surface area contributed by atoms with Gasteiger partial charge in [-0.25, -0.2) is 9.18 Å². The third kappa shape index (κ3) is 4.70. The minimum Gasteiger partial charge on any atom is -0.505 e. The number of halogens is 1. The Labute approximate surface area is 117 Å². The van der Waals surface area contributed by atoms with E-state index in [1.807, 2.05) is 13.8 Å². The Bertz CT molecular complexity index is 462.